The molecule has 2 N–H and O–H groups in total. The van der Waals surface area contributed by atoms with Crippen LogP contribution in [-0.4, -0.2) is 25.9 Å². The van der Waals surface area contributed by atoms with E-state index in [1.54, 1.807) is 7.11 Å². The molecule has 0 spiro atoms. The van der Waals surface area contributed by atoms with Crippen molar-refractivity contribution in [3.8, 4) is 5.75 Å². The number of rotatable bonds is 5. The van der Waals surface area contributed by atoms with Crippen LogP contribution in [0.2, 0.25) is 0 Å². The first-order chi connectivity index (χ1) is 9.57. The number of methoxy groups -OCH3 is 1. The lowest BCUT2D eigenvalue weighted by Crippen LogP contribution is -2.36. The third kappa shape index (κ3) is 3.53. The quantitative estimate of drug-likeness (QED) is 0.898. The van der Waals surface area contributed by atoms with Crippen molar-refractivity contribution in [2.45, 2.75) is 44.6 Å². The van der Waals surface area contributed by atoms with Crippen molar-refractivity contribution in [2.24, 2.45) is 11.7 Å². The van der Waals surface area contributed by atoms with Crippen LogP contribution in [-0.2, 0) is 4.74 Å². The lowest BCUT2D eigenvalue weighted by Gasteiger charge is -2.39. The zero-order chi connectivity index (χ0) is 14.6. The molecule has 0 amide bonds. The topological polar surface area (TPSA) is 44.5 Å². The minimum Gasteiger partial charge on any atom is -0.496 e. The Labute approximate surface area is 122 Å². The summed E-state index contributed by atoms with van der Waals surface area (Å²) in [5.41, 5.74) is 7.13. The highest BCUT2D eigenvalue weighted by Crippen LogP contribution is 2.42. The number of para-hydroxylation sites is 1. The largest absolute Gasteiger partial charge is 0.496 e. The molecule has 0 bridgehead atoms. The van der Waals surface area contributed by atoms with Crippen LogP contribution in [0.1, 0.15) is 44.6 Å². The molecule has 1 fully saturated rings. The number of benzene rings is 1. The van der Waals surface area contributed by atoms with Crippen molar-refractivity contribution in [3.63, 3.8) is 0 Å². The third-order valence-corrected chi connectivity index (χ3v) is 4.32. The Kier molecular flexibility index (Phi) is 5.06. The fraction of sp³-hybridized carbons (Fsp3) is 0.647. The Hall–Kier alpha value is -1.06. The first kappa shape index (κ1) is 15.3. The van der Waals surface area contributed by atoms with Crippen molar-refractivity contribution in [1.82, 2.24) is 0 Å². The SMILES string of the molecule is COc1ccccc1[C@H](CCN)[C@H]1CCOC(C)(C)C1. The van der Waals surface area contributed by atoms with Gasteiger partial charge in [-0.05, 0) is 63.1 Å². The lowest BCUT2D eigenvalue weighted by molar-refractivity contribution is -0.0772. The van der Waals surface area contributed by atoms with Gasteiger partial charge in [0.2, 0.25) is 0 Å². The molecule has 3 nitrogen and oxygen atoms in total. The number of hydrogen-bond acceptors (Lipinski definition) is 3. The first-order valence-electron chi connectivity index (χ1n) is 7.54. The second-order valence-electron chi connectivity index (χ2n) is 6.29. The fourth-order valence-electron chi connectivity index (χ4n) is 3.42. The highest BCUT2D eigenvalue weighted by Gasteiger charge is 2.34. The van der Waals surface area contributed by atoms with E-state index in [1.807, 2.05) is 12.1 Å². The summed E-state index contributed by atoms with van der Waals surface area (Å²) >= 11 is 0. The van der Waals surface area contributed by atoms with E-state index in [-0.39, 0.29) is 5.60 Å². The van der Waals surface area contributed by atoms with Crippen LogP contribution in [0.5, 0.6) is 5.75 Å². The average molecular weight is 277 g/mol. The van der Waals surface area contributed by atoms with Crippen molar-refractivity contribution >= 4 is 0 Å². The first-order valence-corrected chi connectivity index (χ1v) is 7.54. The van der Waals surface area contributed by atoms with Crippen LogP contribution in [0, 0.1) is 5.92 Å². The van der Waals surface area contributed by atoms with Gasteiger partial charge in [-0.2, -0.15) is 0 Å². The summed E-state index contributed by atoms with van der Waals surface area (Å²) in [6.45, 7) is 5.91. The highest BCUT2D eigenvalue weighted by atomic mass is 16.5. The Balaban J connectivity index is 2.26. The van der Waals surface area contributed by atoms with Gasteiger partial charge >= 0.3 is 0 Å². The maximum atomic E-state index is 5.86. The summed E-state index contributed by atoms with van der Waals surface area (Å²) < 4.78 is 11.4. The van der Waals surface area contributed by atoms with Gasteiger partial charge in [-0.15, -0.1) is 0 Å². The lowest BCUT2D eigenvalue weighted by atomic mass is 9.75. The number of nitrogens with two attached hydrogens (primary N) is 1. The van der Waals surface area contributed by atoms with Gasteiger partial charge in [0.05, 0.1) is 12.7 Å². The molecule has 2 atom stereocenters. The standard InChI is InChI=1S/C17H27NO2/c1-17(2)12-13(9-11-20-17)14(8-10-18)15-6-4-5-7-16(15)19-3/h4-7,13-14H,8-12,18H2,1-3H3/t13-,14+/m0/s1. The van der Waals surface area contributed by atoms with E-state index in [4.69, 9.17) is 15.2 Å². The number of hydrogen-bond donors (Lipinski definition) is 1. The fourth-order valence-corrected chi connectivity index (χ4v) is 3.42. The average Bonchev–Trinajstić information content (AvgIpc) is 2.43. The van der Waals surface area contributed by atoms with E-state index in [1.165, 1.54) is 5.56 Å². The summed E-state index contributed by atoms with van der Waals surface area (Å²) in [4.78, 5) is 0. The maximum Gasteiger partial charge on any atom is 0.122 e. The van der Waals surface area contributed by atoms with E-state index in [0.29, 0.717) is 18.4 Å². The molecule has 0 aliphatic carbocycles. The van der Waals surface area contributed by atoms with Gasteiger partial charge in [-0.25, -0.2) is 0 Å². The molecule has 1 aromatic carbocycles. The zero-order valence-corrected chi connectivity index (χ0v) is 12.9. The number of ether oxygens (including phenoxy) is 2. The van der Waals surface area contributed by atoms with E-state index in [9.17, 15) is 0 Å². The molecule has 1 saturated heterocycles. The molecule has 1 aliphatic rings. The zero-order valence-electron chi connectivity index (χ0n) is 12.9. The van der Waals surface area contributed by atoms with Crippen molar-refractivity contribution in [1.29, 1.82) is 0 Å². The van der Waals surface area contributed by atoms with E-state index >= 15 is 0 Å². The molecule has 0 radical (unpaired) electrons. The monoisotopic (exact) mass is 277 g/mol. The summed E-state index contributed by atoms with van der Waals surface area (Å²) in [5, 5.41) is 0. The van der Waals surface area contributed by atoms with E-state index in [0.717, 1.165) is 31.6 Å². The van der Waals surface area contributed by atoms with E-state index < -0.39 is 0 Å². The van der Waals surface area contributed by atoms with Crippen LogP contribution in [0.25, 0.3) is 0 Å². The predicted octanol–water partition coefficient (Wildman–Crippen LogP) is 3.33. The van der Waals surface area contributed by atoms with Gasteiger partial charge in [0.1, 0.15) is 5.75 Å². The molecule has 3 heteroatoms. The second-order valence-corrected chi connectivity index (χ2v) is 6.29. The third-order valence-electron chi connectivity index (χ3n) is 4.32. The molecule has 20 heavy (non-hydrogen) atoms. The molecule has 2 rings (SSSR count). The summed E-state index contributed by atoms with van der Waals surface area (Å²) in [5.74, 6) is 2.05. The molecule has 1 heterocycles. The maximum absolute atomic E-state index is 5.86. The summed E-state index contributed by atoms with van der Waals surface area (Å²) in [7, 11) is 1.74. The minimum atomic E-state index is -0.0300. The predicted molar refractivity (Wildman–Crippen MR) is 82.2 cm³/mol. The molecule has 1 aliphatic heterocycles. The van der Waals surface area contributed by atoms with Gasteiger partial charge in [0, 0.05) is 6.61 Å². The van der Waals surface area contributed by atoms with Crippen LogP contribution in [0.15, 0.2) is 24.3 Å². The van der Waals surface area contributed by atoms with Gasteiger partial charge in [0.25, 0.3) is 0 Å². The smallest absolute Gasteiger partial charge is 0.122 e. The van der Waals surface area contributed by atoms with Crippen molar-refractivity contribution < 1.29 is 9.47 Å². The second kappa shape index (κ2) is 6.59. The normalized spacial score (nSPS) is 23.3. The van der Waals surface area contributed by atoms with Gasteiger partial charge in [-0.3, -0.25) is 0 Å². The molecular weight excluding hydrogens is 250 g/mol. The molecular formula is C17H27NO2. The molecule has 1 aromatic rings. The highest BCUT2D eigenvalue weighted by molar-refractivity contribution is 5.36. The van der Waals surface area contributed by atoms with E-state index in [2.05, 4.69) is 26.0 Å². The van der Waals surface area contributed by atoms with Gasteiger partial charge < -0.3 is 15.2 Å². The van der Waals surface area contributed by atoms with Crippen LogP contribution >= 0.6 is 0 Å². The molecule has 0 aromatic heterocycles. The molecule has 0 saturated carbocycles. The summed E-state index contributed by atoms with van der Waals surface area (Å²) in [6.07, 6.45) is 3.18. The van der Waals surface area contributed by atoms with Crippen LogP contribution < -0.4 is 10.5 Å². The van der Waals surface area contributed by atoms with Crippen molar-refractivity contribution in [2.75, 3.05) is 20.3 Å². The van der Waals surface area contributed by atoms with Gasteiger partial charge in [0.15, 0.2) is 0 Å². The molecule has 0 unspecified atom stereocenters. The van der Waals surface area contributed by atoms with Crippen LogP contribution in [0.3, 0.4) is 0 Å². The Bertz CT molecular complexity index is 431. The Morgan fingerprint density at radius 1 is 1.40 bits per heavy atom. The van der Waals surface area contributed by atoms with Crippen LogP contribution in [0.4, 0.5) is 0 Å². The Morgan fingerprint density at radius 3 is 2.80 bits per heavy atom. The molecule has 112 valence electrons. The minimum absolute atomic E-state index is 0.0300. The van der Waals surface area contributed by atoms with Crippen molar-refractivity contribution in [3.05, 3.63) is 29.8 Å². The summed E-state index contributed by atoms with van der Waals surface area (Å²) in [6, 6.07) is 8.34. The van der Waals surface area contributed by atoms with Gasteiger partial charge in [-0.1, -0.05) is 18.2 Å². The Morgan fingerprint density at radius 2 is 2.15 bits per heavy atom.